The van der Waals surface area contributed by atoms with E-state index < -0.39 is 0 Å². The Bertz CT molecular complexity index is 3570. The molecule has 12 fully saturated rings. The number of esters is 6. The normalized spacial score (nSPS) is 37.1. The third kappa shape index (κ3) is 12.8. The molecule has 5 aromatic rings. The Morgan fingerprint density at radius 3 is 0.792 bits per heavy atom. The average molecular weight is 1300 g/mol. The van der Waals surface area contributed by atoms with E-state index in [-0.39, 0.29) is 69.4 Å². The summed E-state index contributed by atoms with van der Waals surface area (Å²) in [5.41, 5.74) is 4.25. The lowest BCUT2D eigenvalue weighted by Crippen LogP contribution is -2.37. The van der Waals surface area contributed by atoms with E-state index in [1.807, 2.05) is 109 Å². The minimum Gasteiger partial charge on any atom is -0.459 e. The molecule has 0 radical (unpaired) electrons. The highest BCUT2D eigenvalue weighted by molar-refractivity contribution is 6.11. The second-order valence-corrected chi connectivity index (χ2v) is 33.9. The van der Waals surface area contributed by atoms with Gasteiger partial charge in [0.25, 0.3) is 0 Å². The Morgan fingerprint density at radius 1 is 0.302 bits per heavy atom. The van der Waals surface area contributed by atoms with Gasteiger partial charge < -0.3 is 28.4 Å². The number of ether oxygens (including phenoxy) is 6. The number of rotatable bonds is 15. The molecule has 0 spiro atoms. The Hall–Kier alpha value is -6.82. The molecule has 0 heterocycles. The van der Waals surface area contributed by atoms with E-state index >= 15 is 0 Å². The second-order valence-electron chi connectivity index (χ2n) is 33.9. The van der Waals surface area contributed by atoms with Crippen LogP contribution in [-0.2, 0) is 50.9 Å². The van der Waals surface area contributed by atoms with Crippen LogP contribution in [0.15, 0.2) is 109 Å². The number of carbonyl (C=O) groups excluding carboxylic acids is 6. The molecule has 0 aliphatic heterocycles. The summed E-state index contributed by atoms with van der Waals surface area (Å²) in [6.07, 6.45) is 28.5. The van der Waals surface area contributed by atoms with Crippen molar-refractivity contribution in [3.63, 3.8) is 0 Å². The Balaban J connectivity index is 0.000000118. The number of fused-ring (bicyclic) bond motifs is 13. The lowest BCUT2D eigenvalue weighted by atomic mass is 9.85. The second kappa shape index (κ2) is 25.2. The van der Waals surface area contributed by atoms with E-state index in [1.54, 1.807) is 0 Å². The first-order valence-electron chi connectivity index (χ1n) is 37.1. The Morgan fingerprint density at radius 2 is 0.552 bits per heavy atom. The molecule has 0 aromatic heterocycles. The molecule has 12 nitrogen and oxygen atoms in total. The van der Waals surface area contributed by atoms with Crippen LogP contribution in [0.3, 0.4) is 0 Å². The molecular formula is C84H100O12. The van der Waals surface area contributed by atoms with Crippen molar-refractivity contribution in [1.82, 2.24) is 0 Å². The van der Waals surface area contributed by atoms with E-state index in [1.165, 1.54) is 103 Å². The van der Waals surface area contributed by atoms with Gasteiger partial charge in [0.05, 0.1) is 35.1 Å². The van der Waals surface area contributed by atoms with Crippen LogP contribution in [0.25, 0.3) is 21.9 Å². The third-order valence-electron chi connectivity index (χ3n) is 27.2. The molecule has 12 saturated carbocycles. The van der Waals surface area contributed by atoms with Gasteiger partial charge in [-0.3, -0.25) is 9.59 Å². The van der Waals surface area contributed by atoms with Gasteiger partial charge in [-0.2, -0.15) is 0 Å². The maximum Gasteiger partial charge on any atom is 0.339 e. The fourth-order valence-corrected chi connectivity index (χ4v) is 22.1. The van der Waals surface area contributed by atoms with Crippen molar-refractivity contribution in [3.05, 3.63) is 143 Å². The summed E-state index contributed by atoms with van der Waals surface area (Å²) in [7, 11) is 0. The largest absolute Gasteiger partial charge is 0.459 e. The SMILES string of the molecule is C[C@@]1(OC(=O)Cc2ccc(CC(=O)O[C@]3(C)C[C@H]4CC[C@@H]3C4)cc2)C[C@H]2CC[C@@H]1C2.C[C@]1(OC(=O)c2ccc(-c3ccc(C(=O)O[C@@]4(C)C[C@@H]5CC[C@H]4C5)cc3)cc2)C[C@@H]2CC[C@H]1C2.C[C@]1(OC(=O)c2cccc3c(C(=O)O[C@@]4(C)C[C@@H]5CC[C@H]4C5)cccc23)C[C@@H]2CC[C@H]1C2. The van der Waals surface area contributed by atoms with Gasteiger partial charge >= 0.3 is 35.8 Å². The number of hydrogen-bond acceptors (Lipinski definition) is 12. The summed E-state index contributed by atoms with van der Waals surface area (Å²) >= 11 is 0. The predicted octanol–water partition coefficient (Wildman–Crippen LogP) is 18.2. The molecule has 12 bridgehead atoms. The zero-order valence-electron chi connectivity index (χ0n) is 57.6. The highest BCUT2D eigenvalue weighted by atomic mass is 16.6. The van der Waals surface area contributed by atoms with Crippen LogP contribution in [0.4, 0.5) is 0 Å². The highest BCUT2D eigenvalue weighted by Gasteiger charge is 2.56. The lowest BCUT2D eigenvalue weighted by molar-refractivity contribution is -0.163. The van der Waals surface area contributed by atoms with Gasteiger partial charge in [-0.05, 0) is 336 Å². The fraction of sp³-hybridized carbons (Fsp3) is 0.595. The van der Waals surface area contributed by atoms with Gasteiger partial charge in [0, 0.05) is 0 Å². The van der Waals surface area contributed by atoms with Crippen molar-refractivity contribution in [1.29, 1.82) is 0 Å². The first kappa shape index (κ1) is 65.1. The highest BCUT2D eigenvalue weighted by Crippen LogP contribution is 2.58. The lowest BCUT2D eigenvalue weighted by Gasteiger charge is -2.34. The molecule has 12 aliphatic rings. The standard InChI is InChI=1S/C30H34O4.C28H32O4.C26H34O4/c1-29(17-19-3-13-25(29)15-19)33-27(31)23-9-5-21(6-10-23)22-7-11-24(12-8-22)28(32)34-30(2)18-20-4-14-26(30)16-20;1-27(15-17-9-11-19(27)13-17)31-25(29)23-7-3-6-22-21(23)5-4-8-24(22)26(30)32-28(2)16-18-10-12-20(28)14-18;1-25(15-19-7-9-21(25)11-19)29-23(27)13-17-3-5-18(6-4-17)14-24(28)30-26(2)16-20-8-10-22(26)12-20/h5-12,19-20,25-26H,3-4,13-18H2,1-2H3;3-8,17-20H,9-16H2,1-2H3;3-6,19-22H,7-16H2,1-2H3/t19-,20-,25+,26+,29+,30+;17-,18-,19+,20+,27+,28+;19-,20-,21+,22+,25+,26+/m110/s1. The van der Waals surface area contributed by atoms with E-state index in [0.717, 1.165) is 108 Å². The molecule has 0 saturated heterocycles. The van der Waals surface area contributed by atoms with Crippen molar-refractivity contribution in [2.75, 3.05) is 0 Å². The van der Waals surface area contributed by atoms with E-state index in [0.29, 0.717) is 82.4 Å². The van der Waals surface area contributed by atoms with Crippen molar-refractivity contribution >= 4 is 46.6 Å². The van der Waals surface area contributed by atoms with Gasteiger partial charge in [-0.15, -0.1) is 0 Å². The molecule has 17 rings (SSSR count). The van der Waals surface area contributed by atoms with Crippen molar-refractivity contribution in [2.45, 2.75) is 242 Å². The van der Waals surface area contributed by atoms with Crippen LogP contribution in [0.2, 0.25) is 0 Å². The summed E-state index contributed by atoms with van der Waals surface area (Å²) in [6, 6.07) is 34.0. The summed E-state index contributed by atoms with van der Waals surface area (Å²) in [5.74, 6) is 6.07. The molecule has 0 amide bonds. The van der Waals surface area contributed by atoms with E-state index in [2.05, 4.69) is 41.5 Å². The molecule has 12 aliphatic carbocycles. The number of carbonyl (C=O) groups is 6. The van der Waals surface area contributed by atoms with Crippen molar-refractivity contribution in [3.8, 4) is 11.1 Å². The first-order valence-corrected chi connectivity index (χ1v) is 37.1. The summed E-state index contributed by atoms with van der Waals surface area (Å²) in [4.78, 5) is 77.1. The summed E-state index contributed by atoms with van der Waals surface area (Å²) in [6.45, 7) is 12.6. The number of hydrogen-bond donors (Lipinski definition) is 0. The number of benzene rings is 5. The smallest absolute Gasteiger partial charge is 0.339 e. The molecule has 0 N–H and O–H groups in total. The molecule has 0 unspecified atom stereocenters. The maximum atomic E-state index is 13.3. The van der Waals surface area contributed by atoms with Crippen LogP contribution in [0.1, 0.15) is 248 Å². The monoisotopic (exact) mass is 1300 g/mol. The van der Waals surface area contributed by atoms with Crippen molar-refractivity contribution < 1.29 is 57.2 Å². The zero-order chi connectivity index (χ0) is 66.5. The van der Waals surface area contributed by atoms with Gasteiger partial charge in [0.1, 0.15) is 33.6 Å². The van der Waals surface area contributed by atoms with Crippen LogP contribution in [0.5, 0.6) is 0 Å². The quantitative estimate of drug-likeness (QED) is 0.0723. The molecule has 12 heteroatoms. The molecule has 18 atom stereocenters. The van der Waals surface area contributed by atoms with Crippen LogP contribution in [-0.4, -0.2) is 69.4 Å². The maximum absolute atomic E-state index is 13.3. The molecular weight excluding hydrogens is 1200 g/mol. The zero-order valence-corrected chi connectivity index (χ0v) is 57.6. The average Bonchev–Trinajstić information content (AvgIpc) is 1.58. The van der Waals surface area contributed by atoms with Gasteiger partial charge in [-0.1, -0.05) is 72.8 Å². The Labute approximate surface area is 567 Å². The predicted molar refractivity (Wildman–Crippen MR) is 367 cm³/mol. The molecule has 508 valence electrons. The summed E-state index contributed by atoms with van der Waals surface area (Å²) < 4.78 is 36.1. The topological polar surface area (TPSA) is 158 Å². The summed E-state index contributed by atoms with van der Waals surface area (Å²) in [5, 5.41) is 1.52. The van der Waals surface area contributed by atoms with Crippen LogP contribution < -0.4 is 0 Å². The van der Waals surface area contributed by atoms with E-state index in [9.17, 15) is 28.8 Å². The third-order valence-corrected chi connectivity index (χ3v) is 27.2. The first-order chi connectivity index (χ1) is 46.0. The fourth-order valence-electron chi connectivity index (χ4n) is 22.1. The molecule has 96 heavy (non-hydrogen) atoms. The van der Waals surface area contributed by atoms with Gasteiger partial charge in [0.2, 0.25) is 0 Å². The van der Waals surface area contributed by atoms with Crippen molar-refractivity contribution in [2.24, 2.45) is 71.0 Å². The Kier molecular flexibility index (Phi) is 17.1. The minimum atomic E-state index is -0.366. The van der Waals surface area contributed by atoms with Gasteiger partial charge in [0.15, 0.2) is 0 Å². The molecule has 5 aromatic carbocycles. The van der Waals surface area contributed by atoms with E-state index in [4.69, 9.17) is 28.4 Å². The van der Waals surface area contributed by atoms with Gasteiger partial charge in [-0.25, -0.2) is 19.2 Å². The van der Waals surface area contributed by atoms with Crippen LogP contribution >= 0.6 is 0 Å². The minimum absolute atomic E-state index is 0.138. The van der Waals surface area contributed by atoms with Crippen LogP contribution in [0, 0.1) is 71.0 Å².